The maximum absolute atomic E-state index is 13.4. The predicted molar refractivity (Wildman–Crippen MR) is 136 cm³/mol. The molecule has 0 radical (unpaired) electrons. The van der Waals surface area contributed by atoms with E-state index in [1.807, 2.05) is 47.2 Å². The Bertz CT molecular complexity index is 1470. The number of carbonyl (C=O) groups is 2. The van der Waals surface area contributed by atoms with Crippen LogP contribution in [-0.4, -0.2) is 43.2 Å². The molecule has 182 valence electrons. The Morgan fingerprint density at radius 2 is 1.86 bits per heavy atom. The van der Waals surface area contributed by atoms with Crippen molar-refractivity contribution in [2.24, 2.45) is 0 Å². The van der Waals surface area contributed by atoms with Gasteiger partial charge in [-0.25, -0.2) is 14.8 Å². The molecule has 5 rings (SSSR count). The summed E-state index contributed by atoms with van der Waals surface area (Å²) in [5.41, 5.74) is 4.32. The minimum Gasteiger partial charge on any atom is -0.478 e. The first-order valence-corrected chi connectivity index (χ1v) is 11.8. The molecule has 8 heteroatoms. The van der Waals surface area contributed by atoms with Gasteiger partial charge in [-0.3, -0.25) is 9.69 Å². The standard InChI is InChI=1S/C28H26N4O4/c1-17(2)31-12-11-29-26(31)24-4-3-5-25(30-24)32-16-21-9-8-19(14-22(21)27(32)34)20-7-6-18(10-13-33)23(15-20)28(35)36/h3-9,11-12,14-15,17,33H,10,13,16H2,1-2H3,(H,35,36). The van der Waals surface area contributed by atoms with Crippen molar-refractivity contribution in [1.29, 1.82) is 0 Å². The lowest BCUT2D eigenvalue weighted by Gasteiger charge is -2.16. The number of carboxylic acid groups (broad SMARTS) is 1. The molecule has 2 N–H and O–H groups in total. The summed E-state index contributed by atoms with van der Waals surface area (Å²) in [6.45, 7) is 4.43. The minimum atomic E-state index is -1.05. The molecule has 0 unspecified atom stereocenters. The summed E-state index contributed by atoms with van der Waals surface area (Å²) in [6.07, 6.45) is 3.93. The maximum atomic E-state index is 13.4. The van der Waals surface area contributed by atoms with Crippen LogP contribution in [0.5, 0.6) is 0 Å². The first-order valence-electron chi connectivity index (χ1n) is 11.8. The Kier molecular flexibility index (Phi) is 6.12. The van der Waals surface area contributed by atoms with Gasteiger partial charge >= 0.3 is 5.97 Å². The van der Waals surface area contributed by atoms with E-state index in [1.54, 1.807) is 29.3 Å². The summed E-state index contributed by atoms with van der Waals surface area (Å²) in [4.78, 5) is 36.0. The molecule has 1 aliphatic heterocycles. The summed E-state index contributed by atoms with van der Waals surface area (Å²) >= 11 is 0. The van der Waals surface area contributed by atoms with Crippen molar-refractivity contribution < 1.29 is 19.8 Å². The highest BCUT2D eigenvalue weighted by molar-refractivity contribution is 6.10. The van der Waals surface area contributed by atoms with Crippen molar-refractivity contribution in [1.82, 2.24) is 14.5 Å². The van der Waals surface area contributed by atoms with Crippen LogP contribution in [0.1, 0.15) is 51.7 Å². The van der Waals surface area contributed by atoms with Crippen molar-refractivity contribution in [3.8, 4) is 22.6 Å². The number of aliphatic hydroxyl groups excluding tert-OH is 1. The number of aromatic nitrogens is 3. The third kappa shape index (κ3) is 4.16. The molecule has 8 nitrogen and oxygen atoms in total. The molecule has 4 aromatic rings. The zero-order valence-corrected chi connectivity index (χ0v) is 20.0. The van der Waals surface area contributed by atoms with Crippen molar-refractivity contribution in [3.05, 3.63) is 89.2 Å². The number of nitrogens with zero attached hydrogens (tertiary/aromatic N) is 4. The van der Waals surface area contributed by atoms with Gasteiger partial charge in [0.15, 0.2) is 5.82 Å². The number of aliphatic hydroxyl groups is 1. The van der Waals surface area contributed by atoms with Gasteiger partial charge in [-0.2, -0.15) is 0 Å². The highest BCUT2D eigenvalue weighted by atomic mass is 16.4. The van der Waals surface area contributed by atoms with E-state index in [9.17, 15) is 19.8 Å². The molecular formula is C28H26N4O4. The Labute approximate surface area is 208 Å². The van der Waals surface area contributed by atoms with Gasteiger partial charge in [-0.05, 0) is 66.8 Å². The lowest BCUT2D eigenvalue weighted by molar-refractivity contribution is 0.0695. The van der Waals surface area contributed by atoms with Gasteiger partial charge in [0.1, 0.15) is 11.5 Å². The fraction of sp³-hybridized carbons (Fsp3) is 0.214. The number of hydrogen-bond acceptors (Lipinski definition) is 5. The second-order valence-corrected chi connectivity index (χ2v) is 9.05. The van der Waals surface area contributed by atoms with E-state index in [4.69, 9.17) is 4.98 Å². The topological polar surface area (TPSA) is 109 Å². The zero-order chi connectivity index (χ0) is 25.4. The van der Waals surface area contributed by atoms with Gasteiger partial charge in [0.2, 0.25) is 0 Å². The average molecular weight is 483 g/mol. The van der Waals surface area contributed by atoms with Gasteiger partial charge in [-0.15, -0.1) is 0 Å². The molecule has 0 saturated heterocycles. The number of anilines is 1. The molecule has 0 saturated carbocycles. The van der Waals surface area contributed by atoms with Crippen LogP contribution in [0.4, 0.5) is 5.82 Å². The lowest BCUT2D eigenvalue weighted by Crippen LogP contribution is -2.24. The van der Waals surface area contributed by atoms with E-state index in [0.717, 1.165) is 17.0 Å². The van der Waals surface area contributed by atoms with Crippen molar-refractivity contribution in [2.75, 3.05) is 11.5 Å². The van der Waals surface area contributed by atoms with Crippen LogP contribution >= 0.6 is 0 Å². The molecule has 0 aliphatic carbocycles. The molecule has 0 atom stereocenters. The van der Waals surface area contributed by atoms with Crippen LogP contribution in [-0.2, 0) is 13.0 Å². The normalized spacial score (nSPS) is 12.9. The number of pyridine rings is 1. The summed E-state index contributed by atoms with van der Waals surface area (Å²) in [5.74, 6) is 0.0964. The molecule has 1 aliphatic rings. The van der Waals surface area contributed by atoms with Crippen molar-refractivity contribution in [2.45, 2.75) is 32.9 Å². The quantitative estimate of drug-likeness (QED) is 0.399. The third-order valence-electron chi connectivity index (χ3n) is 6.43. The third-order valence-corrected chi connectivity index (χ3v) is 6.43. The zero-order valence-electron chi connectivity index (χ0n) is 20.0. The molecule has 0 bridgehead atoms. The largest absolute Gasteiger partial charge is 0.478 e. The van der Waals surface area contributed by atoms with Gasteiger partial charge in [0.05, 0.1) is 12.1 Å². The van der Waals surface area contributed by atoms with E-state index in [1.165, 1.54) is 0 Å². The molecule has 2 aromatic carbocycles. The fourth-order valence-corrected chi connectivity index (χ4v) is 4.59. The van der Waals surface area contributed by atoms with E-state index in [-0.39, 0.29) is 30.5 Å². The van der Waals surface area contributed by atoms with Crippen LogP contribution in [0.15, 0.2) is 67.0 Å². The first kappa shape index (κ1) is 23.4. The van der Waals surface area contributed by atoms with Gasteiger partial charge in [0.25, 0.3) is 5.91 Å². The smallest absolute Gasteiger partial charge is 0.335 e. The fourth-order valence-electron chi connectivity index (χ4n) is 4.59. The molecule has 1 amide bonds. The Morgan fingerprint density at radius 1 is 1.08 bits per heavy atom. The molecule has 2 aromatic heterocycles. The molecule has 0 spiro atoms. The van der Waals surface area contributed by atoms with Crippen LogP contribution in [0.25, 0.3) is 22.6 Å². The number of amides is 1. The number of carbonyl (C=O) groups excluding carboxylic acids is 1. The van der Waals surface area contributed by atoms with Crippen LogP contribution in [0, 0.1) is 0 Å². The SMILES string of the molecule is CC(C)n1ccnc1-c1cccc(N2Cc3ccc(-c4ccc(CCO)c(C(=O)O)c4)cc3C2=O)n1. The number of aromatic carboxylic acids is 1. The Morgan fingerprint density at radius 3 is 2.61 bits per heavy atom. The van der Waals surface area contributed by atoms with Crippen LogP contribution in [0.3, 0.4) is 0 Å². The molecule has 0 fully saturated rings. The number of fused-ring (bicyclic) bond motifs is 1. The average Bonchev–Trinajstić information content (AvgIpc) is 3.50. The minimum absolute atomic E-state index is 0.128. The number of hydrogen-bond donors (Lipinski definition) is 2. The highest BCUT2D eigenvalue weighted by Gasteiger charge is 2.30. The van der Waals surface area contributed by atoms with E-state index >= 15 is 0 Å². The summed E-state index contributed by atoms with van der Waals surface area (Å²) in [5, 5.41) is 18.8. The highest BCUT2D eigenvalue weighted by Crippen LogP contribution is 2.33. The van der Waals surface area contributed by atoms with E-state index in [2.05, 4.69) is 18.8 Å². The van der Waals surface area contributed by atoms with Gasteiger partial charge in [0, 0.05) is 30.6 Å². The monoisotopic (exact) mass is 482 g/mol. The molecular weight excluding hydrogens is 456 g/mol. The van der Waals surface area contributed by atoms with Crippen LogP contribution in [0.2, 0.25) is 0 Å². The van der Waals surface area contributed by atoms with Crippen LogP contribution < -0.4 is 4.90 Å². The van der Waals surface area contributed by atoms with Gasteiger partial charge in [-0.1, -0.05) is 30.3 Å². The number of imidazole rings is 1. The number of benzene rings is 2. The summed E-state index contributed by atoms with van der Waals surface area (Å²) < 4.78 is 2.04. The van der Waals surface area contributed by atoms with Crippen molar-refractivity contribution >= 4 is 17.7 Å². The maximum Gasteiger partial charge on any atom is 0.335 e. The number of rotatable bonds is 7. The van der Waals surface area contributed by atoms with E-state index < -0.39 is 5.97 Å². The second kappa shape index (κ2) is 9.39. The molecule has 36 heavy (non-hydrogen) atoms. The van der Waals surface area contributed by atoms with Gasteiger partial charge < -0.3 is 14.8 Å². The predicted octanol–water partition coefficient (Wildman–Crippen LogP) is 4.59. The van der Waals surface area contributed by atoms with Crippen molar-refractivity contribution in [3.63, 3.8) is 0 Å². The second-order valence-electron chi connectivity index (χ2n) is 9.05. The Balaban J connectivity index is 1.46. The lowest BCUT2D eigenvalue weighted by atomic mass is 9.95. The number of carboxylic acids is 1. The van der Waals surface area contributed by atoms with E-state index in [0.29, 0.717) is 34.7 Å². The first-order chi connectivity index (χ1) is 17.4. The Hall–Kier alpha value is -4.30. The summed E-state index contributed by atoms with van der Waals surface area (Å²) in [6, 6.07) is 16.5. The molecule has 3 heterocycles. The summed E-state index contributed by atoms with van der Waals surface area (Å²) in [7, 11) is 0.